The number of benzene rings is 1. The maximum Gasteiger partial charge on any atom is 0.134 e. The fourth-order valence-corrected chi connectivity index (χ4v) is 1.46. The van der Waals surface area contributed by atoms with Gasteiger partial charge in [-0.2, -0.15) is 0 Å². The Morgan fingerprint density at radius 3 is 2.93 bits per heavy atom. The van der Waals surface area contributed by atoms with Crippen LogP contribution >= 0.6 is 0 Å². The van der Waals surface area contributed by atoms with Crippen LogP contribution in [0.15, 0.2) is 34.7 Å². The monoisotopic (exact) mass is 205 g/mol. The molecule has 0 amide bonds. The number of aliphatic hydroxyl groups excluding tert-OH is 1. The zero-order valence-electron chi connectivity index (χ0n) is 8.73. The molecule has 0 fully saturated rings. The molecule has 2 rings (SSSR count). The van der Waals surface area contributed by atoms with Crippen LogP contribution in [0.2, 0.25) is 0 Å². The summed E-state index contributed by atoms with van der Waals surface area (Å²) in [6.45, 7) is 2.72. The van der Waals surface area contributed by atoms with Crippen LogP contribution in [-0.2, 0) is 6.54 Å². The molecule has 0 aliphatic carbocycles. The lowest BCUT2D eigenvalue weighted by molar-refractivity contribution is 0.248. The van der Waals surface area contributed by atoms with Gasteiger partial charge in [-0.3, -0.25) is 0 Å². The van der Waals surface area contributed by atoms with E-state index in [1.165, 1.54) is 0 Å². The number of furan rings is 1. The molecule has 0 saturated carbocycles. The second kappa shape index (κ2) is 4.47. The van der Waals surface area contributed by atoms with E-state index < -0.39 is 0 Å². The van der Waals surface area contributed by atoms with Gasteiger partial charge in [-0.25, -0.2) is 0 Å². The molecular weight excluding hydrogens is 190 g/mol. The van der Waals surface area contributed by atoms with Crippen molar-refractivity contribution < 1.29 is 9.52 Å². The van der Waals surface area contributed by atoms with Crippen LogP contribution in [0, 0.1) is 0 Å². The van der Waals surface area contributed by atoms with Crippen molar-refractivity contribution >= 4 is 11.0 Å². The van der Waals surface area contributed by atoms with Crippen LogP contribution in [0.25, 0.3) is 11.0 Å². The van der Waals surface area contributed by atoms with Crippen molar-refractivity contribution in [1.82, 2.24) is 5.32 Å². The van der Waals surface area contributed by atoms with Gasteiger partial charge in [-0.1, -0.05) is 18.2 Å². The number of hydrogen-bond acceptors (Lipinski definition) is 3. The fraction of sp³-hybridized carbons (Fsp3) is 0.333. The summed E-state index contributed by atoms with van der Waals surface area (Å²) in [6, 6.07) is 10.0. The summed E-state index contributed by atoms with van der Waals surface area (Å²) in [5.74, 6) is 0.900. The molecule has 2 N–H and O–H groups in total. The molecule has 1 heterocycles. The van der Waals surface area contributed by atoms with E-state index in [1.807, 2.05) is 37.3 Å². The Morgan fingerprint density at radius 1 is 1.40 bits per heavy atom. The summed E-state index contributed by atoms with van der Waals surface area (Å²) >= 11 is 0. The van der Waals surface area contributed by atoms with Gasteiger partial charge in [0.1, 0.15) is 11.3 Å². The molecule has 15 heavy (non-hydrogen) atoms. The Bertz CT molecular complexity index is 403. The lowest BCUT2D eigenvalue weighted by Crippen LogP contribution is -2.28. The van der Waals surface area contributed by atoms with Crippen molar-refractivity contribution in [3.8, 4) is 0 Å². The minimum absolute atomic E-state index is 0.0956. The maximum absolute atomic E-state index is 8.86. The average molecular weight is 205 g/mol. The molecule has 2 aromatic rings. The second-order valence-electron chi connectivity index (χ2n) is 3.72. The van der Waals surface area contributed by atoms with Gasteiger partial charge in [0.05, 0.1) is 13.2 Å². The molecule has 0 aliphatic heterocycles. The highest BCUT2D eigenvalue weighted by Gasteiger charge is 2.04. The Kier molecular flexibility index (Phi) is 3.04. The molecule has 3 nitrogen and oxygen atoms in total. The third kappa shape index (κ3) is 2.37. The Morgan fingerprint density at radius 2 is 2.20 bits per heavy atom. The van der Waals surface area contributed by atoms with E-state index in [0.29, 0.717) is 6.54 Å². The van der Waals surface area contributed by atoms with Gasteiger partial charge in [0.2, 0.25) is 0 Å². The highest BCUT2D eigenvalue weighted by atomic mass is 16.3. The number of rotatable bonds is 4. The molecule has 0 spiro atoms. The zero-order chi connectivity index (χ0) is 10.7. The average Bonchev–Trinajstić information content (AvgIpc) is 2.68. The van der Waals surface area contributed by atoms with Crippen LogP contribution in [0.5, 0.6) is 0 Å². The normalized spacial score (nSPS) is 13.2. The summed E-state index contributed by atoms with van der Waals surface area (Å²) in [7, 11) is 0. The standard InChI is InChI=1S/C12H15NO2/c1-9(8-14)13-7-11-6-10-4-2-3-5-12(10)15-11/h2-6,9,13-14H,7-8H2,1H3. The molecule has 1 unspecified atom stereocenters. The molecule has 1 atom stereocenters. The largest absolute Gasteiger partial charge is 0.460 e. The number of aliphatic hydroxyl groups is 1. The number of nitrogens with one attached hydrogen (secondary N) is 1. The van der Waals surface area contributed by atoms with E-state index >= 15 is 0 Å². The van der Waals surface area contributed by atoms with Crippen molar-refractivity contribution in [2.45, 2.75) is 19.5 Å². The molecular formula is C12H15NO2. The molecule has 1 aromatic heterocycles. The first kappa shape index (κ1) is 10.2. The van der Waals surface area contributed by atoms with E-state index in [1.54, 1.807) is 0 Å². The van der Waals surface area contributed by atoms with Crippen molar-refractivity contribution in [3.05, 3.63) is 36.1 Å². The third-order valence-electron chi connectivity index (χ3n) is 2.38. The lowest BCUT2D eigenvalue weighted by atomic mass is 10.2. The maximum atomic E-state index is 8.86. The zero-order valence-corrected chi connectivity index (χ0v) is 8.73. The van der Waals surface area contributed by atoms with Gasteiger partial charge in [-0.15, -0.1) is 0 Å². The Hall–Kier alpha value is -1.32. The van der Waals surface area contributed by atoms with Gasteiger partial charge >= 0.3 is 0 Å². The van der Waals surface area contributed by atoms with E-state index in [4.69, 9.17) is 9.52 Å². The molecule has 0 aliphatic rings. The first-order valence-corrected chi connectivity index (χ1v) is 5.11. The van der Waals surface area contributed by atoms with Crippen LogP contribution in [0.4, 0.5) is 0 Å². The lowest BCUT2D eigenvalue weighted by Gasteiger charge is -2.07. The summed E-state index contributed by atoms with van der Waals surface area (Å²) in [5, 5.41) is 13.1. The SMILES string of the molecule is CC(CO)NCc1cc2ccccc2o1. The van der Waals surface area contributed by atoms with Crippen molar-refractivity contribution in [1.29, 1.82) is 0 Å². The topological polar surface area (TPSA) is 45.4 Å². The van der Waals surface area contributed by atoms with E-state index in [9.17, 15) is 0 Å². The Labute approximate surface area is 88.7 Å². The van der Waals surface area contributed by atoms with Gasteiger partial charge in [-0.05, 0) is 19.1 Å². The number of hydrogen-bond donors (Lipinski definition) is 2. The van der Waals surface area contributed by atoms with E-state index in [0.717, 1.165) is 16.7 Å². The first-order valence-electron chi connectivity index (χ1n) is 5.11. The minimum Gasteiger partial charge on any atom is -0.460 e. The summed E-state index contributed by atoms with van der Waals surface area (Å²) in [6.07, 6.45) is 0. The predicted octanol–water partition coefficient (Wildman–Crippen LogP) is 1.90. The highest BCUT2D eigenvalue weighted by molar-refractivity contribution is 5.77. The van der Waals surface area contributed by atoms with Crippen LogP contribution < -0.4 is 5.32 Å². The number of fused-ring (bicyclic) bond motifs is 1. The van der Waals surface area contributed by atoms with Gasteiger partial charge in [0, 0.05) is 11.4 Å². The molecule has 1 aromatic carbocycles. The molecule has 80 valence electrons. The van der Waals surface area contributed by atoms with Crippen LogP contribution in [0.3, 0.4) is 0 Å². The Balaban J connectivity index is 2.09. The summed E-state index contributed by atoms with van der Waals surface area (Å²) < 4.78 is 5.62. The highest BCUT2D eigenvalue weighted by Crippen LogP contribution is 2.18. The fourth-order valence-electron chi connectivity index (χ4n) is 1.46. The van der Waals surface area contributed by atoms with Crippen molar-refractivity contribution in [2.75, 3.05) is 6.61 Å². The van der Waals surface area contributed by atoms with Gasteiger partial charge in [0.15, 0.2) is 0 Å². The van der Waals surface area contributed by atoms with Crippen molar-refractivity contribution in [3.63, 3.8) is 0 Å². The first-order chi connectivity index (χ1) is 7.29. The van der Waals surface area contributed by atoms with Gasteiger partial charge in [0.25, 0.3) is 0 Å². The molecule has 3 heteroatoms. The van der Waals surface area contributed by atoms with E-state index in [-0.39, 0.29) is 12.6 Å². The van der Waals surface area contributed by atoms with Gasteiger partial charge < -0.3 is 14.8 Å². The smallest absolute Gasteiger partial charge is 0.134 e. The van der Waals surface area contributed by atoms with Crippen LogP contribution in [0.1, 0.15) is 12.7 Å². The third-order valence-corrected chi connectivity index (χ3v) is 2.38. The van der Waals surface area contributed by atoms with Crippen LogP contribution in [-0.4, -0.2) is 17.8 Å². The van der Waals surface area contributed by atoms with E-state index in [2.05, 4.69) is 5.32 Å². The van der Waals surface area contributed by atoms with Crippen molar-refractivity contribution in [2.24, 2.45) is 0 Å². The molecule has 0 saturated heterocycles. The predicted molar refractivity (Wildman–Crippen MR) is 59.6 cm³/mol. The molecule has 0 radical (unpaired) electrons. The molecule has 0 bridgehead atoms. The quantitative estimate of drug-likeness (QED) is 0.801. The number of para-hydroxylation sites is 1. The minimum atomic E-state index is 0.0956. The summed E-state index contributed by atoms with van der Waals surface area (Å²) in [5.41, 5.74) is 0.908. The summed E-state index contributed by atoms with van der Waals surface area (Å²) in [4.78, 5) is 0. The second-order valence-corrected chi connectivity index (χ2v) is 3.72.